The standard InChI is InChI=1S/C16H24FN3O.ClH/c1-18-9-14-3-2-8-20(11-14)12-16(21)19-10-13-4-6-15(17)7-5-13;/h4-7,14,18H,2-3,8-12H2,1H3,(H,19,21);1H. The van der Waals surface area contributed by atoms with Gasteiger partial charge in [-0.1, -0.05) is 12.1 Å². The summed E-state index contributed by atoms with van der Waals surface area (Å²) in [6, 6.07) is 6.21. The molecule has 0 spiro atoms. The molecule has 0 bridgehead atoms. The Labute approximate surface area is 137 Å². The fourth-order valence-electron chi connectivity index (χ4n) is 2.81. The van der Waals surface area contributed by atoms with Crippen molar-refractivity contribution in [2.24, 2.45) is 5.92 Å². The van der Waals surface area contributed by atoms with Crippen LogP contribution in [-0.2, 0) is 11.3 Å². The molecule has 22 heavy (non-hydrogen) atoms. The Bertz CT molecular complexity index is 453. The number of rotatable bonds is 6. The van der Waals surface area contributed by atoms with Crippen LogP contribution in [0, 0.1) is 11.7 Å². The van der Waals surface area contributed by atoms with E-state index in [1.54, 1.807) is 12.1 Å². The summed E-state index contributed by atoms with van der Waals surface area (Å²) >= 11 is 0. The van der Waals surface area contributed by atoms with Gasteiger partial charge in [-0.3, -0.25) is 9.69 Å². The second kappa shape index (κ2) is 9.77. The van der Waals surface area contributed by atoms with Gasteiger partial charge in [-0.25, -0.2) is 4.39 Å². The first kappa shape index (κ1) is 18.9. The summed E-state index contributed by atoms with van der Waals surface area (Å²) in [4.78, 5) is 14.2. The minimum atomic E-state index is -0.256. The van der Waals surface area contributed by atoms with Gasteiger partial charge >= 0.3 is 0 Å². The van der Waals surface area contributed by atoms with Gasteiger partial charge in [0.1, 0.15) is 5.82 Å². The molecule has 0 aromatic heterocycles. The number of likely N-dealkylation sites (tertiary alicyclic amines) is 1. The van der Waals surface area contributed by atoms with E-state index in [1.165, 1.54) is 18.6 Å². The van der Waals surface area contributed by atoms with E-state index in [0.717, 1.165) is 31.6 Å². The number of hydrogen-bond acceptors (Lipinski definition) is 3. The lowest BCUT2D eigenvalue weighted by atomic mass is 9.98. The van der Waals surface area contributed by atoms with Crippen LogP contribution in [0.4, 0.5) is 4.39 Å². The van der Waals surface area contributed by atoms with Gasteiger partial charge in [0, 0.05) is 13.1 Å². The van der Waals surface area contributed by atoms with Crippen molar-refractivity contribution in [3.8, 4) is 0 Å². The Kier molecular flexibility index (Phi) is 8.38. The summed E-state index contributed by atoms with van der Waals surface area (Å²) < 4.78 is 12.8. The van der Waals surface area contributed by atoms with Crippen molar-refractivity contribution in [2.45, 2.75) is 19.4 Å². The van der Waals surface area contributed by atoms with Crippen LogP contribution in [0.1, 0.15) is 18.4 Å². The van der Waals surface area contributed by atoms with Crippen molar-refractivity contribution < 1.29 is 9.18 Å². The highest BCUT2D eigenvalue weighted by atomic mass is 35.5. The summed E-state index contributed by atoms with van der Waals surface area (Å²) in [6.07, 6.45) is 2.38. The van der Waals surface area contributed by atoms with E-state index >= 15 is 0 Å². The molecule has 1 aliphatic rings. The molecule has 0 radical (unpaired) electrons. The first-order valence-electron chi connectivity index (χ1n) is 7.55. The zero-order valence-electron chi connectivity index (χ0n) is 13.0. The molecule has 1 fully saturated rings. The van der Waals surface area contributed by atoms with Crippen LogP contribution >= 0.6 is 12.4 Å². The lowest BCUT2D eigenvalue weighted by Gasteiger charge is -2.32. The molecule has 2 N–H and O–H groups in total. The minimum absolute atomic E-state index is 0. The molecule has 2 rings (SSSR count). The highest BCUT2D eigenvalue weighted by Crippen LogP contribution is 2.15. The van der Waals surface area contributed by atoms with Gasteiger partial charge in [-0.15, -0.1) is 12.4 Å². The Balaban J connectivity index is 0.00000242. The number of nitrogens with one attached hydrogen (secondary N) is 2. The molecule has 124 valence electrons. The largest absolute Gasteiger partial charge is 0.351 e. The maximum Gasteiger partial charge on any atom is 0.234 e. The zero-order chi connectivity index (χ0) is 15.1. The molecule has 1 amide bonds. The van der Waals surface area contributed by atoms with Gasteiger partial charge in [0.15, 0.2) is 0 Å². The molecule has 0 saturated carbocycles. The van der Waals surface area contributed by atoms with Gasteiger partial charge in [0.25, 0.3) is 0 Å². The second-order valence-corrected chi connectivity index (χ2v) is 5.70. The van der Waals surface area contributed by atoms with Crippen LogP contribution in [0.2, 0.25) is 0 Å². The van der Waals surface area contributed by atoms with Gasteiger partial charge in [0.2, 0.25) is 5.91 Å². The average Bonchev–Trinajstić information content (AvgIpc) is 2.47. The molecule has 1 unspecified atom stereocenters. The zero-order valence-corrected chi connectivity index (χ0v) is 13.8. The predicted molar refractivity (Wildman–Crippen MR) is 88.6 cm³/mol. The summed E-state index contributed by atoms with van der Waals surface area (Å²) in [5.41, 5.74) is 0.913. The lowest BCUT2D eigenvalue weighted by molar-refractivity contribution is -0.122. The number of halogens is 2. The van der Waals surface area contributed by atoms with Crippen LogP contribution in [0.3, 0.4) is 0 Å². The maximum atomic E-state index is 12.8. The quantitative estimate of drug-likeness (QED) is 0.836. The van der Waals surface area contributed by atoms with Crippen molar-refractivity contribution in [3.05, 3.63) is 35.6 Å². The topological polar surface area (TPSA) is 44.4 Å². The normalized spacial score (nSPS) is 18.5. The van der Waals surface area contributed by atoms with Crippen LogP contribution in [0.15, 0.2) is 24.3 Å². The molecular formula is C16H25ClFN3O. The number of carbonyl (C=O) groups is 1. The lowest BCUT2D eigenvalue weighted by Crippen LogP contribution is -2.44. The predicted octanol–water partition coefficient (Wildman–Crippen LogP) is 1.80. The van der Waals surface area contributed by atoms with Gasteiger partial charge in [-0.2, -0.15) is 0 Å². The van der Waals surface area contributed by atoms with Gasteiger partial charge < -0.3 is 10.6 Å². The molecular weight excluding hydrogens is 305 g/mol. The van der Waals surface area contributed by atoms with Crippen LogP contribution in [0.5, 0.6) is 0 Å². The average molecular weight is 330 g/mol. The highest BCUT2D eigenvalue weighted by Gasteiger charge is 2.20. The molecule has 1 aromatic rings. The SMILES string of the molecule is CNCC1CCCN(CC(=O)NCc2ccc(F)cc2)C1.Cl. The van der Waals surface area contributed by atoms with Gasteiger partial charge in [-0.05, 0) is 56.6 Å². The Morgan fingerprint density at radius 1 is 1.36 bits per heavy atom. The summed E-state index contributed by atoms with van der Waals surface area (Å²) in [6.45, 7) is 3.87. The van der Waals surface area contributed by atoms with E-state index in [4.69, 9.17) is 0 Å². The fraction of sp³-hybridized carbons (Fsp3) is 0.562. The van der Waals surface area contributed by atoms with Crippen molar-refractivity contribution in [1.82, 2.24) is 15.5 Å². The van der Waals surface area contributed by atoms with Crippen LogP contribution in [-0.4, -0.2) is 44.0 Å². The van der Waals surface area contributed by atoms with E-state index in [9.17, 15) is 9.18 Å². The molecule has 1 saturated heterocycles. The molecule has 1 aromatic carbocycles. The number of amides is 1. The molecule has 1 heterocycles. The number of hydrogen-bond donors (Lipinski definition) is 2. The monoisotopic (exact) mass is 329 g/mol. The first-order chi connectivity index (χ1) is 10.2. The summed E-state index contributed by atoms with van der Waals surface area (Å²) in [5.74, 6) is 0.409. The first-order valence-corrected chi connectivity index (χ1v) is 7.55. The third-order valence-electron chi connectivity index (χ3n) is 3.87. The van der Waals surface area contributed by atoms with Crippen molar-refractivity contribution in [1.29, 1.82) is 0 Å². The van der Waals surface area contributed by atoms with Gasteiger partial charge in [0.05, 0.1) is 6.54 Å². The van der Waals surface area contributed by atoms with E-state index in [-0.39, 0.29) is 24.1 Å². The minimum Gasteiger partial charge on any atom is -0.351 e. The second-order valence-electron chi connectivity index (χ2n) is 5.70. The number of benzene rings is 1. The molecule has 6 heteroatoms. The van der Waals surface area contributed by atoms with Crippen molar-refractivity contribution in [2.75, 3.05) is 33.2 Å². The van der Waals surface area contributed by atoms with E-state index in [0.29, 0.717) is 19.0 Å². The van der Waals surface area contributed by atoms with Crippen LogP contribution < -0.4 is 10.6 Å². The third kappa shape index (κ3) is 6.30. The number of carbonyl (C=O) groups excluding carboxylic acids is 1. The third-order valence-corrected chi connectivity index (χ3v) is 3.87. The van der Waals surface area contributed by atoms with E-state index in [1.807, 2.05) is 7.05 Å². The molecule has 1 atom stereocenters. The summed E-state index contributed by atoms with van der Waals surface area (Å²) in [7, 11) is 1.97. The van der Waals surface area contributed by atoms with Crippen LogP contribution in [0.25, 0.3) is 0 Å². The van der Waals surface area contributed by atoms with Crippen molar-refractivity contribution >= 4 is 18.3 Å². The highest BCUT2D eigenvalue weighted by molar-refractivity contribution is 5.85. The molecule has 4 nitrogen and oxygen atoms in total. The van der Waals surface area contributed by atoms with E-state index in [2.05, 4.69) is 15.5 Å². The smallest absolute Gasteiger partial charge is 0.234 e. The molecule has 0 aliphatic carbocycles. The Hall–Kier alpha value is -1.17. The Morgan fingerprint density at radius 3 is 2.77 bits per heavy atom. The summed E-state index contributed by atoms with van der Waals surface area (Å²) in [5, 5.41) is 6.10. The van der Waals surface area contributed by atoms with Crippen molar-refractivity contribution in [3.63, 3.8) is 0 Å². The van der Waals surface area contributed by atoms with E-state index < -0.39 is 0 Å². The number of piperidine rings is 1. The Morgan fingerprint density at radius 2 is 2.09 bits per heavy atom. The number of nitrogens with zero attached hydrogens (tertiary/aromatic N) is 1. The molecule has 1 aliphatic heterocycles. The fourth-order valence-corrected chi connectivity index (χ4v) is 2.81. The maximum absolute atomic E-state index is 12.8.